The Labute approximate surface area is 150 Å². The molecule has 3 heteroatoms. The van der Waals surface area contributed by atoms with Crippen molar-refractivity contribution in [2.75, 3.05) is 0 Å². The quantitative estimate of drug-likeness (QED) is 0.658. The van der Waals surface area contributed by atoms with Crippen LogP contribution in [0.2, 0.25) is 0 Å². The minimum absolute atomic E-state index is 0.0794. The summed E-state index contributed by atoms with van der Waals surface area (Å²) >= 11 is 0. The maximum atomic E-state index is 12.2. The van der Waals surface area contributed by atoms with Crippen LogP contribution in [0.5, 0.6) is 0 Å². The Balaban J connectivity index is 1.65. The van der Waals surface area contributed by atoms with Crippen molar-refractivity contribution in [3.8, 4) is 0 Å². The van der Waals surface area contributed by atoms with Gasteiger partial charge in [0, 0.05) is 0 Å². The van der Waals surface area contributed by atoms with Gasteiger partial charge in [-0.1, -0.05) is 35.9 Å². The van der Waals surface area contributed by atoms with Crippen LogP contribution in [0.3, 0.4) is 0 Å². The highest BCUT2D eigenvalue weighted by atomic mass is 16.2. The van der Waals surface area contributed by atoms with Crippen LogP contribution >= 0.6 is 0 Å². The lowest BCUT2D eigenvalue weighted by Gasteiger charge is -2.16. The number of carbonyl (C=O) groups excluding carboxylic acids is 1. The Kier molecular flexibility index (Phi) is 5.32. The van der Waals surface area contributed by atoms with E-state index in [2.05, 4.69) is 41.7 Å². The first kappa shape index (κ1) is 17.4. The zero-order valence-corrected chi connectivity index (χ0v) is 15.4. The lowest BCUT2D eigenvalue weighted by Crippen LogP contribution is -2.21. The summed E-state index contributed by atoms with van der Waals surface area (Å²) in [4.78, 5) is 12.2. The minimum atomic E-state index is -0.0794. The third-order valence-electron chi connectivity index (χ3n) is 4.96. The van der Waals surface area contributed by atoms with Crippen LogP contribution in [0.4, 0.5) is 0 Å². The topological polar surface area (TPSA) is 41.5 Å². The number of hydrogen-bond donors (Lipinski definition) is 1. The fourth-order valence-electron chi connectivity index (χ4n) is 3.43. The molecule has 25 heavy (non-hydrogen) atoms. The smallest absolute Gasteiger partial charge is 0.244 e. The van der Waals surface area contributed by atoms with Crippen molar-refractivity contribution < 1.29 is 4.79 Å². The number of aryl methyl sites for hydroxylation is 4. The zero-order valence-electron chi connectivity index (χ0n) is 15.4. The number of nitrogens with zero attached hydrogens (tertiary/aromatic N) is 1. The summed E-state index contributed by atoms with van der Waals surface area (Å²) in [6.45, 7) is 6.04. The molecule has 0 atom stereocenters. The Hall–Kier alpha value is -2.42. The van der Waals surface area contributed by atoms with Crippen LogP contribution in [-0.2, 0) is 24.1 Å². The standard InChI is InChI=1S/C22H26N2O/c1-15-8-9-19(16(2)12-15)14-22(25)24-23-17(3)20-11-10-18-6-4-5-7-21(18)13-20/h8-13H,4-7,14H2,1-3H3,(H,24,25)/b23-17+. The van der Waals surface area contributed by atoms with E-state index in [0.717, 1.165) is 28.8 Å². The molecule has 0 spiro atoms. The monoisotopic (exact) mass is 334 g/mol. The van der Waals surface area contributed by atoms with Crippen LogP contribution in [-0.4, -0.2) is 11.6 Å². The number of hydrogen-bond acceptors (Lipinski definition) is 2. The normalized spacial score (nSPS) is 14.1. The second kappa shape index (κ2) is 7.64. The predicted molar refractivity (Wildman–Crippen MR) is 103 cm³/mol. The van der Waals surface area contributed by atoms with Gasteiger partial charge in [0.05, 0.1) is 12.1 Å². The molecule has 1 amide bonds. The van der Waals surface area contributed by atoms with Gasteiger partial charge in [-0.25, -0.2) is 5.43 Å². The molecule has 0 aromatic heterocycles. The van der Waals surface area contributed by atoms with E-state index in [1.807, 2.05) is 26.0 Å². The third-order valence-corrected chi connectivity index (χ3v) is 4.96. The van der Waals surface area contributed by atoms with Crippen LogP contribution < -0.4 is 5.43 Å². The van der Waals surface area contributed by atoms with Gasteiger partial charge in [-0.05, 0) is 80.3 Å². The molecular weight excluding hydrogens is 308 g/mol. The van der Waals surface area contributed by atoms with Crippen LogP contribution in [0.15, 0.2) is 41.5 Å². The first-order valence-electron chi connectivity index (χ1n) is 9.04. The summed E-state index contributed by atoms with van der Waals surface area (Å²) in [6, 6.07) is 12.7. The van der Waals surface area contributed by atoms with Crippen LogP contribution in [0, 0.1) is 13.8 Å². The second-order valence-electron chi connectivity index (χ2n) is 7.03. The average molecular weight is 334 g/mol. The summed E-state index contributed by atoms with van der Waals surface area (Å²) in [5.74, 6) is -0.0794. The number of fused-ring (bicyclic) bond motifs is 1. The van der Waals surface area contributed by atoms with E-state index in [0.29, 0.717) is 6.42 Å². The van der Waals surface area contributed by atoms with Crippen molar-refractivity contribution in [2.24, 2.45) is 5.10 Å². The van der Waals surface area contributed by atoms with Crippen molar-refractivity contribution in [1.82, 2.24) is 5.43 Å². The van der Waals surface area contributed by atoms with Gasteiger partial charge in [0.25, 0.3) is 0 Å². The highest BCUT2D eigenvalue weighted by molar-refractivity contribution is 5.99. The van der Waals surface area contributed by atoms with Crippen LogP contribution in [0.25, 0.3) is 0 Å². The highest BCUT2D eigenvalue weighted by Gasteiger charge is 2.11. The second-order valence-corrected chi connectivity index (χ2v) is 7.03. The Morgan fingerprint density at radius 3 is 2.56 bits per heavy atom. The lowest BCUT2D eigenvalue weighted by atomic mass is 9.90. The molecule has 130 valence electrons. The third kappa shape index (κ3) is 4.36. The maximum Gasteiger partial charge on any atom is 0.244 e. The lowest BCUT2D eigenvalue weighted by molar-refractivity contribution is -0.120. The van der Waals surface area contributed by atoms with Gasteiger partial charge in [-0.3, -0.25) is 4.79 Å². The SMILES string of the molecule is C/C(=N\NC(=O)Cc1ccc(C)cc1C)c1ccc2c(c1)CCCC2. The largest absolute Gasteiger partial charge is 0.273 e. The summed E-state index contributed by atoms with van der Waals surface area (Å²) in [5.41, 5.74) is 10.9. The van der Waals surface area contributed by atoms with Gasteiger partial charge in [-0.15, -0.1) is 0 Å². The molecule has 1 N–H and O–H groups in total. The van der Waals surface area contributed by atoms with Crippen molar-refractivity contribution in [1.29, 1.82) is 0 Å². The van der Waals surface area contributed by atoms with Gasteiger partial charge < -0.3 is 0 Å². The van der Waals surface area contributed by atoms with Gasteiger partial charge in [0.2, 0.25) is 5.91 Å². The van der Waals surface area contributed by atoms with Crippen molar-refractivity contribution in [2.45, 2.75) is 52.9 Å². The molecule has 0 aliphatic heterocycles. The molecule has 0 unspecified atom stereocenters. The van der Waals surface area contributed by atoms with Gasteiger partial charge >= 0.3 is 0 Å². The summed E-state index contributed by atoms with van der Waals surface area (Å²) in [5, 5.41) is 4.30. The molecule has 0 heterocycles. The molecule has 2 aromatic carbocycles. The number of amides is 1. The molecule has 0 fully saturated rings. The Morgan fingerprint density at radius 1 is 1.04 bits per heavy atom. The van der Waals surface area contributed by atoms with E-state index in [1.165, 1.54) is 36.0 Å². The molecule has 1 aliphatic rings. The van der Waals surface area contributed by atoms with Gasteiger partial charge in [0.1, 0.15) is 0 Å². The molecule has 1 aliphatic carbocycles. The highest BCUT2D eigenvalue weighted by Crippen LogP contribution is 2.22. The number of benzene rings is 2. The maximum absolute atomic E-state index is 12.2. The van der Waals surface area contributed by atoms with Crippen molar-refractivity contribution in [3.63, 3.8) is 0 Å². The number of rotatable bonds is 4. The van der Waals surface area contributed by atoms with E-state index in [9.17, 15) is 4.79 Å². The summed E-state index contributed by atoms with van der Waals surface area (Å²) in [6.07, 6.45) is 5.23. The van der Waals surface area contributed by atoms with Crippen molar-refractivity contribution >= 4 is 11.6 Å². The van der Waals surface area contributed by atoms with E-state index in [4.69, 9.17) is 0 Å². The molecule has 2 aromatic rings. The molecule has 0 bridgehead atoms. The zero-order chi connectivity index (χ0) is 17.8. The molecule has 0 radical (unpaired) electrons. The fourth-order valence-corrected chi connectivity index (χ4v) is 3.43. The molecule has 3 nitrogen and oxygen atoms in total. The van der Waals surface area contributed by atoms with E-state index < -0.39 is 0 Å². The number of hydrazone groups is 1. The first-order valence-corrected chi connectivity index (χ1v) is 9.04. The van der Waals surface area contributed by atoms with Crippen molar-refractivity contribution in [3.05, 3.63) is 69.8 Å². The molecule has 0 saturated heterocycles. The average Bonchev–Trinajstić information content (AvgIpc) is 2.61. The Morgan fingerprint density at radius 2 is 1.80 bits per heavy atom. The number of nitrogens with one attached hydrogen (secondary N) is 1. The molecule has 3 rings (SSSR count). The number of carbonyl (C=O) groups is 1. The summed E-state index contributed by atoms with van der Waals surface area (Å²) < 4.78 is 0. The fraction of sp³-hybridized carbons (Fsp3) is 0.364. The van der Waals surface area contributed by atoms with E-state index in [1.54, 1.807) is 0 Å². The predicted octanol–water partition coefficient (Wildman–Crippen LogP) is 4.27. The first-order chi connectivity index (χ1) is 12.0. The minimum Gasteiger partial charge on any atom is -0.273 e. The van der Waals surface area contributed by atoms with Crippen LogP contribution in [0.1, 0.15) is 53.1 Å². The van der Waals surface area contributed by atoms with Gasteiger partial charge in [0.15, 0.2) is 0 Å². The Bertz CT molecular complexity index is 821. The van der Waals surface area contributed by atoms with E-state index >= 15 is 0 Å². The van der Waals surface area contributed by atoms with E-state index in [-0.39, 0.29) is 5.91 Å². The summed E-state index contributed by atoms with van der Waals surface area (Å²) in [7, 11) is 0. The molecular formula is C22H26N2O. The van der Waals surface area contributed by atoms with Gasteiger partial charge in [-0.2, -0.15) is 5.10 Å². The molecule has 0 saturated carbocycles.